The van der Waals surface area contributed by atoms with Gasteiger partial charge in [-0.05, 0) is 32.9 Å². The van der Waals surface area contributed by atoms with Crippen molar-refractivity contribution in [2.45, 2.75) is 26.3 Å². The zero-order chi connectivity index (χ0) is 14.8. The van der Waals surface area contributed by atoms with Crippen molar-refractivity contribution >= 4 is 5.91 Å². The normalized spacial score (nSPS) is 11.4. The van der Waals surface area contributed by atoms with Crippen LogP contribution < -0.4 is 5.32 Å². The van der Waals surface area contributed by atoms with Crippen molar-refractivity contribution in [2.24, 2.45) is 0 Å². The van der Waals surface area contributed by atoms with Gasteiger partial charge in [-0.1, -0.05) is 18.2 Å². The second kappa shape index (κ2) is 5.46. The number of nitrogens with one attached hydrogen (secondary N) is 1. The van der Waals surface area contributed by atoms with Gasteiger partial charge in [0, 0.05) is 0 Å². The Balaban J connectivity index is 2.28. The molecule has 0 bridgehead atoms. The van der Waals surface area contributed by atoms with Crippen molar-refractivity contribution in [1.29, 1.82) is 0 Å². The fourth-order valence-electron chi connectivity index (χ4n) is 1.88. The van der Waals surface area contributed by atoms with Gasteiger partial charge in [-0.25, -0.2) is 4.68 Å². The van der Waals surface area contributed by atoms with E-state index in [1.165, 1.54) is 0 Å². The van der Waals surface area contributed by atoms with Crippen LogP contribution in [0.3, 0.4) is 0 Å². The molecule has 2 aromatic rings. The maximum absolute atomic E-state index is 12.2. The van der Waals surface area contributed by atoms with E-state index in [1.807, 2.05) is 37.3 Å². The van der Waals surface area contributed by atoms with Crippen LogP contribution in [0, 0.1) is 6.92 Å². The highest BCUT2D eigenvalue weighted by Gasteiger charge is 2.22. The van der Waals surface area contributed by atoms with Gasteiger partial charge in [0.15, 0.2) is 0 Å². The molecule has 0 aliphatic rings. The number of para-hydroxylation sites is 1. The van der Waals surface area contributed by atoms with Crippen LogP contribution in [0.2, 0.25) is 0 Å². The first-order valence-electron chi connectivity index (χ1n) is 6.48. The lowest BCUT2D eigenvalue weighted by Gasteiger charge is -2.23. The summed E-state index contributed by atoms with van der Waals surface area (Å²) in [4.78, 5) is 12.2. The summed E-state index contributed by atoms with van der Waals surface area (Å²) < 4.78 is 1.72. The largest absolute Gasteiger partial charge is 0.394 e. The zero-order valence-electron chi connectivity index (χ0n) is 11.9. The minimum atomic E-state index is -0.654. The van der Waals surface area contributed by atoms with Crippen LogP contribution >= 0.6 is 0 Å². The Morgan fingerprint density at radius 1 is 1.35 bits per heavy atom. The number of nitrogens with zero attached hydrogens (tertiary/aromatic N) is 2. The molecule has 5 heteroatoms. The number of rotatable bonds is 4. The van der Waals surface area contributed by atoms with Crippen molar-refractivity contribution in [3.05, 3.63) is 47.8 Å². The first kappa shape index (κ1) is 14.3. The van der Waals surface area contributed by atoms with Crippen molar-refractivity contribution < 1.29 is 9.90 Å². The lowest BCUT2D eigenvalue weighted by atomic mass is 10.1. The van der Waals surface area contributed by atoms with Crippen LogP contribution in [0.25, 0.3) is 5.69 Å². The predicted molar refractivity (Wildman–Crippen MR) is 76.9 cm³/mol. The first-order chi connectivity index (χ1) is 9.44. The van der Waals surface area contributed by atoms with E-state index in [0.717, 1.165) is 11.4 Å². The molecule has 20 heavy (non-hydrogen) atoms. The molecule has 106 valence electrons. The van der Waals surface area contributed by atoms with Crippen LogP contribution in [-0.4, -0.2) is 32.9 Å². The van der Waals surface area contributed by atoms with Gasteiger partial charge in [0.1, 0.15) is 0 Å². The molecule has 1 aromatic carbocycles. The molecule has 0 radical (unpaired) electrons. The number of hydrogen-bond acceptors (Lipinski definition) is 3. The second-order valence-electron chi connectivity index (χ2n) is 5.39. The van der Waals surface area contributed by atoms with Gasteiger partial charge in [0.05, 0.1) is 35.3 Å². The average molecular weight is 273 g/mol. The Bertz CT molecular complexity index is 603. The summed E-state index contributed by atoms with van der Waals surface area (Å²) in [6, 6.07) is 9.63. The Morgan fingerprint density at radius 2 is 2.00 bits per heavy atom. The summed E-state index contributed by atoms with van der Waals surface area (Å²) in [5.41, 5.74) is 1.53. The van der Waals surface area contributed by atoms with Crippen LogP contribution in [0.1, 0.15) is 29.9 Å². The number of aliphatic hydroxyl groups is 1. The Labute approximate surface area is 118 Å². The van der Waals surface area contributed by atoms with Gasteiger partial charge in [0.2, 0.25) is 0 Å². The third kappa shape index (κ3) is 2.88. The highest BCUT2D eigenvalue weighted by atomic mass is 16.3. The summed E-state index contributed by atoms with van der Waals surface area (Å²) in [6.07, 6.45) is 1.55. The van der Waals surface area contributed by atoms with Gasteiger partial charge in [-0.15, -0.1) is 0 Å². The monoisotopic (exact) mass is 273 g/mol. The maximum atomic E-state index is 12.2. The van der Waals surface area contributed by atoms with E-state index in [9.17, 15) is 9.90 Å². The fourth-order valence-corrected chi connectivity index (χ4v) is 1.88. The number of amides is 1. The fraction of sp³-hybridized carbons (Fsp3) is 0.333. The summed E-state index contributed by atoms with van der Waals surface area (Å²) in [6.45, 7) is 5.26. The van der Waals surface area contributed by atoms with E-state index in [2.05, 4.69) is 10.4 Å². The molecule has 0 saturated carbocycles. The van der Waals surface area contributed by atoms with Crippen LogP contribution in [0.5, 0.6) is 0 Å². The molecule has 2 N–H and O–H groups in total. The van der Waals surface area contributed by atoms with E-state index < -0.39 is 5.54 Å². The van der Waals surface area contributed by atoms with E-state index in [0.29, 0.717) is 5.56 Å². The molecular formula is C15H19N3O2. The zero-order valence-corrected chi connectivity index (χ0v) is 11.9. The van der Waals surface area contributed by atoms with Gasteiger partial charge in [-0.2, -0.15) is 5.10 Å². The Morgan fingerprint density at radius 3 is 2.60 bits per heavy atom. The van der Waals surface area contributed by atoms with Crippen LogP contribution in [0.4, 0.5) is 0 Å². The average Bonchev–Trinajstić information content (AvgIpc) is 2.81. The first-order valence-corrected chi connectivity index (χ1v) is 6.48. The number of aliphatic hydroxyl groups excluding tert-OH is 1. The molecule has 2 rings (SSSR count). The van der Waals surface area contributed by atoms with Gasteiger partial charge >= 0.3 is 0 Å². The third-order valence-corrected chi connectivity index (χ3v) is 3.10. The summed E-state index contributed by atoms with van der Waals surface area (Å²) >= 11 is 0. The molecule has 0 aliphatic heterocycles. The second-order valence-corrected chi connectivity index (χ2v) is 5.39. The standard InChI is InChI=1S/C15H19N3O2/c1-11-13(14(20)17-15(2,3)10-19)9-16-18(11)12-7-5-4-6-8-12/h4-9,19H,10H2,1-3H3,(H,17,20). The van der Waals surface area contributed by atoms with Gasteiger partial charge in [0.25, 0.3) is 5.91 Å². The maximum Gasteiger partial charge on any atom is 0.255 e. The molecule has 0 unspecified atom stereocenters. The molecule has 0 atom stereocenters. The molecule has 1 aromatic heterocycles. The minimum absolute atomic E-state index is 0.120. The van der Waals surface area contributed by atoms with Crippen molar-refractivity contribution in [3.8, 4) is 5.69 Å². The minimum Gasteiger partial charge on any atom is -0.394 e. The highest BCUT2D eigenvalue weighted by Crippen LogP contribution is 2.14. The summed E-state index contributed by atoms with van der Waals surface area (Å²) in [5, 5.41) is 16.2. The Hall–Kier alpha value is -2.14. The topological polar surface area (TPSA) is 67.2 Å². The number of carbonyl (C=O) groups is 1. The van der Waals surface area contributed by atoms with Crippen LogP contribution in [-0.2, 0) is 0 Å². The SMILES string of the molecule is Cc1c(C(=O)NC(C)(C)CO)cnn1-c1ccccc1. The quantitative estimate of drug-likeness (QED) is 0.890. The van der Waals surface area contributed by atoms with Gasteiger partial charge in [-0.3, -0.25) is 4.79 Å². The lowest BCUT2D eigenvalue weighted by Crippen LogP contribution is -2.46. The Kier molecular flexibility index (Phi) is 3.90. The molecule has 1 heterocycles. The van der Waals surface area contributed by atoms with Crippen molar-refractivity contribution in [3.63, 3.8) is 0 Å². The number of aromatic nitrogens is 2. The molecule has 1 amide bonds. The highest BCUT2D eigenvalue weighted by molar-refractivity contribution is 5.95. The summed E-state index contributed by atoms with van der Waals surface area (Å²) in [7, 11) is 0. The predicted octanol–water partition coefficient (Wildman–Crippen LogP) is 1.68. The summed E-state index contributed by atoms with van der Waals surface area (Å²) in [5.74, 6) is -0.233. The van der Waals surface area contributed by atoms with Crippen molar-refractivity contribution in [1.82, 2.24) is 15.1 Å². The van der Waals surface area contributed by atoms with E-state index in [-0.39, 0.29) is 12.5 Å². The molecule has 0 saturated heterocycles. The lowest BCUT2D eigenvalue weighted by molar-refractivity contribution is 0.0868. The number of benzene rings is 1. The van der Waals surface area contributed by atoms with Gasteiger partial charge < -0.3 is 10.4 Å². The third-order valence-electron chi connectivity index (χ3n) is 3.10. The van der Waals surface area contributed by atoms with Crippen LogP contribution in [0.15, 0.2) is 36.5 Å². The molecular weight excluding hydrogens is 254 g/mol. The smallest absolute Gasteiger partial charge is 0.255 e. The number of hydrogen-bond donors (Lipinski definition) is 2. The molecule has 5 nitrogen and oxygen atoms in total. The molecule has 0 spiro atoms. The van der Waals surface area contributed by atoms with E-state index >= 15 is 0 Å². The number of carbonyl (C=O) groups excluding carboxylic acids is 1. The van der Waals surface area contributed by atoms with E-state index in [1.54, 1.807) is 24.7 Å². The molecule has 0 aliphatic carbocycles. The van der Waals surface area contributed by atoms with E-state index in [4.69, 9.17) is 0 Å². The van der Waals surface area contributed by atoms with Crippen molar-refractivity contribution in [2.75, 3.05) is 6.61 Å². The molecule has 0 fully saturated rings.